The average molecular weight is 430 g/mol. The van der Waals surface area contributed by atoms with E-state index in [9.17, 15) is 13.2 Å². The molecule has 7 heteroatoms. The summed E-state index contributed by atoms with van der Waals surface area (Å²) in [6.07, 6.45) is 3.11. The van der Waals surface area contributed by atoms with Gasteiger partial charge in [0.15, 0.2) is 0 Å². The molecule has 0 aromatic heterocycles. The number of sulfonamides is 1. The Bertz CT molecular complexity index is 948. The van der Waals surface area contributed by atoms with Crippen LogP contribution in [0.1, 0.15) is 50.4 Å². The van der Waals surface area contributed by atoms with Crippen molar-refractivity contribution in [2.75, 3.05) is 23.3 Å². The van der Waals surface area contributed by atoms with Crippen molar-refractivity contribution in [3.05, 3.63) is 54.1 Å². The van der Waals surface area contributed by atoms with E-state index in [1.165, 1.54) is 42.8 Å². The van der Waals surface area contributed by atoms with E-state index in [2.05, 4.69) is 21.9 Å². The second kappa shape index (κ2) is 9.62. The fourth-order valence-electron chi connectivity index (χ4n) is 3.43. The second-order valence-corrected chi connectivity index (χ2v) is 9.84. The smallest absolute Gasteiger partial charge is 0.255 e. The average Bonchev–Trinajstić information content (AvgIpc) is 2.74. The van der Waals surface area contributed by atoms with Crippen molar-refractivity contribution in [2.45, 2.75) is 51.0 Å². The molecule has 1 heterocycles. The highest BCUT2D eigenvalue weighted by Crippen LogP contribution is 2.24. The Morgan fingerprint density at radius 1 is 1.07 bits per heavy atom. The number of nitrogens with zero attached hydrogens (tertiary/aromatic N) is 1. The Balaban J connectivity index is 1.62. The number of rotatable bonds is 7. The molecule has 0 aliphatic carbocycles. The molecule has 2 aromatic carbocycles. The summed E-state index contributed by atoms with van der Waals surface area (Å²) in [4.78, 5) is 15.1. The van der Waals surface area contributed by atoms with Gasteiger partial charge in [0.2, 0.25) is 10.0 Å². The fraction of sp³-hybridized carbons (Fsp3) is 0.435. The number of hydrogen-bond acceptors (Lipinski definition) is 4. The number of nitrogens with one attached hydrogen (secondary N) is 2. The maximum absolute atomic E-state index is 12.5. The van der Waals surface area contributed by atoms with Crippen LogP contribution in [0, 0.1) is 5.92 Å². The van der Waals surface area contributed by atoms with Crippen LogP contribution in [0.2, 0.25) is 0 Å². The summed E-state index contributed by atoms with van der Waals surface area (Å²) in [6, 6.07) is 13.7. The number of hydrogen-bond donors (Lipinski definition) is 2. The first-order valence-electron chi connectivity index (χ1n) is 10.6. The minimum Gasteiger partial charge on any atom is -0.372 e. The SMILES string of the molecule is CCC(C)NS(=O)(=O)c1ccc(C(=O)Nc2ccc(N3CCC(C)CC3)cc2)cc1. The van der Waals surface area contributed by atoms with Crippen molar-refractivity contribution in [2.24, 2.45) is 5.92 Å². The molecule has 0 spiro atoms. The van der Waals surface area contributed by atoms with Crippen LogP contribution in [0.4, 0.5) is 11.4 Å². The lowest BCUT2D eigenvalue weighted by atomic mass is 9.99. The third-order valence-corrected chi connectivity index (χ3v) is 7.27. The second-order valence-electron chi connectivity index (χ2n) is 8.13. The molecule has 3 rings (SSSR count). The summed E-state index contributed by atoms with van der Waals surface area (Å²) in [5, 5.41) is 2.87. The molecule has 2 aromatic rings. The molecule has 6 nitrogen and oxygen atoms in total. The van der Waals surface area contributed by atoms with Gasteiger partial charge in [-0.15, -0.1) is 0 Å². The van der Waals surface area contributed by atoms with E-state index >= 15 is 0 Å². The third-order valence-electron chi connectivity index (χ3n) is 5.67. The zero-order valence-corrected chi connectivity index (χ0v) is 18.7. The number of carbonyl (C=O) groups is 1. The Kier molecular flexibility index (Phi) is 7.15. The number of anilines is 2. The molecule has 2 N–H and O–H groups in total. The number of amides is 1. The molecule has 1 unspecified atom stereocenters. The topological polar surface area (TPSA) is 78.5 Å². The van der Waals surface area contributed by atoms with Crippen LogP contribution >= 0.6 is 0 Å². The molecule has 1 aliphatic rings. The first-order valence-corrected chi connectivity index (χ1v) is 12.1. The van der Waals surface area contributed by atoms with E-state index in [0.29, 0.717) is 17.7 Å². The largest absolute Gasteiger partial charge is 0.372 e. The lowest BCUT2D eigenvalue weighted by molar-refractivity contribution is 0.102. The van der Waals surface area contributed by atoms with Gasteiger partial charge in [0.05, 0.1) is 4.90 Å². The lowest BCUT2D eigenvalue weighted by Crippen LogP contribution is -2.32. The summed E-state index contributed by atoms with van der Waals surface area (Å²) >= 11 is 0. The summed E-state index contributed by atoms with van der Waals surface area (Å²) < 4.78 is 27.3. The van der Waals surface area contributed by atoms with Gasteiger partial charge in [0.25, 0.3) is 5.91 Å². The lowest BCUT2D eigenvalue weighted by Gasteiger charge is -2.32. The molecular weight excluding hydrogens is 398 g/mol. The molecule has 162 valence electrons. The summed E-state index contributed by atoms with van der Waals surface area (Å²) in [7, 11) is -3.58. The Morgan fingerprint density at radius 2 is 1.67 bits per heavy atom. The molecule has 1 fully saturated rings. The first kappa shape index (κ1) is 22.3. The van der Waals surface area contributed by atoms with Gasteiger partial charge in [-0.05, 0) is 80.6 Å². The number of benzene rings is 2. The van der Waals surface area contributed by atoms with Crippen molar-refractivity contribution in [1.82, 2.24) is 4.72 Å². The Hall–Kier alpha value is -2.38. The van der Waals surface area contributed by atoms with Gasteiger partial charge >= 0.3 is 0 Å². The monoisotopic (exact) mass is 429 g/mol. The van der Waals surface area contributed by atoms with Gasteiger partial charge in [0, 0.05) is 36.1 Å². The van der Waals surface area contributed by atoms with E-state index in [4.69, 9.17) is 0 Å². The Morgan fingerprint density at radius 3 is 2.23 bits per heavy atom. The maximum atomic E-state index is 12.5. The number of carbonyl (C=O) groups excluding carboxylic acids is 1. The van der Waals surface area contributed by atoms with Gasteiger partial charge < -0.3 is 10.2 Å². The molecule has 1 amide bonds. The van der Waals surface area contributed by atoms with Gasteiger partial charge in [-0.2, -0.15) is 0 Å². The highest BCUT2D eigenvalue weighted by molar-refractivity contribution is 7.89. The van der Waals surface area contributed by atoms with Crippen molar-refractivity contribution >= 4 is 27.3 Å². The number of piperidine rings is 1. The molecule has 0 radical (unpaired) electrons. The molecule has 1 saturated heterocycles. The minimum absolute atomic E-state index is 0.144. The van der Waals surface area contributed by atoms with Crippen LogP contribution in [0.3, 0.4) is 0 Å². The molecular formula is C23H31N3O3S. The zero-order valence-electron chi connectivity index (χ0n) is 17.9. The van der Waals surface area contributed by atoms with E-state index in [1.807, 2.05) is 38.1 Å². The molecule has 1 atom stereocenters. The van der Waals surface area contributed by atoms with E-state index in [-0.39, 0.29) is 16.8 Å². The highest BCUT2D eigenvalue weighted by Gasteiger charge is 2.18. The van der Waals surface area contributed by atoms with Crippen molar-refractivity contribution < 1.29 is 13.2 Å². The molecule has 1 aliphatic heterocycles. The molecule has 30 heavy (non-hydrogen) atoms. The van der Waals surface area contributed by atoms with Crippen LogP contribution in [0.15, 0.2) is 53.4 Å². The standard InChI is InChI=1S/C23H31N3O3S/c1-4-18(3)25-30(28,29)22-11-5-19(6-12-22)23(27)24-20-7-9-21(10-8-20)26-15-13-17(2)14-16-26/h5-12,17-18,25H,4,13-16H2,1-3H3,(H,24,27). The normalized spacial score (nSPS) is 16.3. The van der Waals surface area contributed by atoms with Crippen molar-refractivity contribution in [1.29, 1.82) is 0 Å². The van der Waals surface area contributed by atoms with E-state index in [0.717, 1.165) is 19.0 Å². The van der Waals surface area contributed by atoms with Crippen molar-refractivity contribution in [3.8, 4) is 0 Å². The third kappa shape index (κ3) is 5.61. The van der Waals surface area contributed by atoms with Crippen LogP contribution in [0.25, 0.3) is 0 Å². The Labute approximate surface area is 179 Å². The quantitative estimate of drug-likeness (QED) is 0.690. The van der Waals surface area contributed by atoms with Crippen LogP contribution < -0.4 is 14.9 Å². The maximum Gasteiger partial charge on any atom is 0.255 e. The minimum atomic E-state index is -3.58. The molecule has 0 saturated carbocycles. The summed E-state index contributed by atoms with van der Waals surface area (Å²) in [6.45, 7) is 8.15. The van der Waals surface area contributed by atoms with Crippen molar-refractivity contribution in [3.63, 3.8) is 0 Å². The van der Waals surface area contributed by atoms with E-state index in [1.54, 1.807) is 0 Å². The van der Waals surface area contributed by atoms with Crippen LogP contribution in [0.5, 0.6) is 0 Å². The highest BCUT2D eigenvalue weighted by atomic mass is 32.2. The fourth-order valence-corrected chi connectivity index (χ4v) is 4.75. The van der Waals surface area contributed by atoms with Gasteiger partial charge in [0.1, 0.15) is 0 Å². The predicted molar refractivity (Wildman–Crippen MR) is 122 cm³/mol. The molecule has 0 bridgehead atoms. The van der Waals surface area contributed by atoms with E-state index < -0.39 is 10.0 Å². The zero-order chi connectivity index (χ0) is 21.7. The summed E-state index contributed by atoms with van der Waals surface area (Å²) in [5.41, 5.74) is 2.29. The van der Waals surface area contributed by atoms with Gasteiger partial charge in [-0.3, -0.25) is 4.79 Å². The van der Waals surface area contributed by atoms with Crippen LogP contribution in [-0.4, -0.2) is 33.5 Å². The first-order chi connectivity index (χ1) is 14.3. The van der Waals surface area contributed by atoms with Gasteiger partial charge in [-0.25, -0.2) is 13.1 Å². The predicted octanol–water partition coefficient (Wildman–Crippen LogP) is 4.25. The van der Waals surface area contributed by atoms with Crippen LogP contribution in [-0.2, 0) is 10.0 Å². The van der Waals surface area contributed by atoms with Gasteiger partial charge in [-0.1, -0.05) is 13.8 Å². The summed E-state index contributed by atoms with van der Waals surface area (Å²) in [5.74, 6) is 0.514.